The largest absolute Gasteiger partial charge is 0.497 e. The van der Waals surface area contributed by atoms with Gasteiger partial charge in [-0.3, -0.25) is 0 Å². The molecule has 0 radical (unpaired) electrons. The minimum atomic E-state index is 0. The summed E-state index contributed by atoms with van der Waals surface area (Å²) in [5.74, 6) is 2.37. The number of nitrogens with zero attached hydrogens (tertiary/aromatic N) is 5. The fraction of sp³-hybridized carbons (Fsp3) is 0.355. The number of hydrogen-bond donors (Lipinski definition) is 2. The lowest BCUT2D eigenvalue weighted by molar-refractivity contribution is 0.321. The van der Waals surface area contributed by atoms with Gasteiger partial charge in [-0.25, -0.2) is 19.9 Å². The van der Waals surface area contributed by atoms with Crippen molar-refractivity contribution in [1.29, 1.82) is 0 Å². The Hall–Kier alpha value is -3.79. The molecule has 0 amide bonds. The number of aromatic nitrogens is 4. The van der Waals surface area contributed by atoms with Crippen molar-refractivity contribution in [2.24, 2.45) is 5.73 Å². The zero-order valence-corrected chi connectivity index (χ0v) is 24.9. The van der Waals surface area contributed by atoms with Crippen LogP contribution in [0.3, 0.4) is 0 Å². The molecule has 224 valence electrons. The lowest BCUT2D eigenvalue weighted by Gasteiger charge is -2.13. The van der Waals surface area contributed by atoms with Gasteiger partial charge in [0.25, 0.3) is 0 Å². The number of methoxy groups -OCH3 is 2. The lowest BCUT2D eigenvalue weighted by Crippen LogP contribution is -2.21. The molecular formula is C31H46ClN7O2. The van der Waals surface area contributed by atoms with Crippen LogP contribution in [0.15, 0.2) is 85.5 Å². The summed E-state index contributed by atoms with van der Waals surface area (Å²) in [5, 5.41) is 3.43. The molecule has 0 saturated carbocycles. The zero-order valence-electron chi connectivity index (χ0n) is 24.1. The first-order chi connectivity index (χ1) is 19.5. The van der Waals surface area contributed by atoms with Crippen LogP contribution in [0.2, 0.25) is 5.28 Å². The maximum absolute atomic E-state index is 5.40. The van der Waals surface area contributed by atoms with Gasteiger partial charge >= 0.3 is 0 Å². The van der Waals surface area contributed by atoms with Gasteiger partial charge in [0, 0.05) is 37.9 Å². The van der Waals surface area contributed by atoms with Gasteiger partial charge < -0.3 is 25.4 Å². The summed E-state index contributed by atoms with van der Waals surface area (Å²) in [4.78, 5) is 17.8. The number of nitrogens with two attached hydrogens (primary N) is 1. The molecule has 3 N–H and O–H groups in total. The van der Waals surface area contributed by atoms with Gasteiger partial charge in [-0.1, -0.05) is 52.5 Å². The maximum Gasteiger partial charge on any atom is 0.222 e. The average Bonchev–Trinajstić information content (AvgIpc) is 3.03. The molecule has 9 nitrogen and oxygen atoms in total. The third-order valence-corrected chi connectivity index (χ3v) is 5.64. The summed E-state index contributed by atoms with van der Waals surface area (Å²) in [6.07, 6.45) is 6.61. The minimum Gasteiger partial charge on any atom is -0.497 e. The highest BCUT2D eigenvalue weighted by Crippen LogP contribution is 2.12. The number of anilines is 1. The summed E-state index contributed by atoms with van der Waals surface area (Å²) < 4.78 is 10.1. The van der Waals surface area contributed by atoms with E-state index in [2.05, 4.69) is 50.9 Å². The van der Waals surface area contributed by atoms with Gasteiger partial charge in [0.05, 0.1) is 14.2 Å². The maximum atomic E-state index is 5.40. The molecule has 0 aliphatic heterocycles. The lowest BCUT2D eigenvalue weighted by atomic mass is 10.2. The molecule has 2 heterocycles. The molecule has 0 spiro atoms. The van der Waals surface area contributed by atoms with E-state index in [0.717, 1.165) is 22.6 Å². The normalized spacial score (nSPS) is 9.37. The molecule has 4 rings (SSSR count). The van der Waals surface area contributed by atoms with E-state index in [4.69, 9.17) is 26.8 Å². The molecule has 0 fully saturated rings. The number of ether oxygens (including phenoxy) is 2. The smallest absolute Gasteiger partial charge is 0.222 e. The van der Waals surface area contributed by atoms with Crippen LogP contribution >= 0.6 is 11.6 Å². The summed E-state index contributed by atoms with van der Waals surface area (Å²) >= 11 is 5.32. The standard InChI is InChI=1S/C12H13N3O.C8H11NO.C6H15N.C4H3ClN2.CH4/c1-16-11-5-3-10(4-6-11)9-15-12-13-7-2-8-14-12;1-10-8-4-2-7(6-9)3-5-8;1-4-7(5-2)6-3;5-4-6-2-1-3-7-4;/h2-8H,9H2,1H3,(H,13,14,15);2-5H,6,9H2,1H3;4-6H2,1-3H3;1-3H;1H4. The summed E-state index contributed by atoms with van der Waals surface area (Å²) in [6.45, 7) is 11.4. The number of benzene rings is 2. The molecule has 0 bridgehead atoms. The fourth-order valence-corrected chi connectivity index (χ4v) is 3.14. The highest BCUT2D eigenvalue weighted by atomic mass is 35.5. The van der Waals surface area contributed by atoms with E-state index < -0.39 is 0 Å². The van der Waals surface area contributed by atoms with Crippen molar-refractivity contribution in [3.05, 3.63) is 102 Å². The van der Waals surface area contributed by atoms with Crippen LogP contribution in [0.25, 0.3) is 0 Å². The van der Waals surface area contributed by atoms with Crippen LogP contribution in [0.1, 0.15) is 39.3 Å². The zero-order chi connectivity index (χ0) is 29.4. The van der Waals surface area contributed by atoms with Gasteiger partial charge in [0.2, 0.25) is 11.2 Å². The van der Waals surface area contributed by atoms with Crippen LogP contribution in [-0.4, -0.2) is 58.7 Å². The summed E-state index contributed by atoms with van der Waals surface area (Å²) in [5.41, 5.74) is 7.69. The molecular weight excluding hydrogens is 538 g/mol. The van der Waals surface area contributed by atoms with Crippen molar-refractivity contribution >= 4 is 17.5 Å². The average molecular weight is 584 g/mol. The van der Waals surface area contributed by atoms with Crippen molar-refractivity contribution in [2.45, 2.75) is 41.3 Å². The van der Waals surface area contributed by atoms with E-state index in [1.807, 2.05) is 48.5 Å². The monoisotopic (exact) mass is 583 g/mol. The van der Waals surface area contributed by atoms with Crippen LogP contribution in [0.4, 0.5) is 5.95 Å². The molecule has 10 heteroatoms. The Morgan fingerprint density at radius 2 is 1.12 bits per heavy atom. The number of hydrogen-bond acceptors (Lipinski definition) is 9. The Morgan fingerprint density at radius 3 is 1.44 bits per heavy atom. The number of rotatable bonds is 9. The Morgan fingerprint density at radius 1 is 0.707 bits per heavy atom. The molecule has 0 unspecified atom stereocenters. The van der Waals surface area contributed by atoms with Gasteiger partial charge in [-0.15, -0.1) is 0 Å². The van der Waals surface area contributed by atoms with Crippen LogP contribution in [-0.2, 0) is 13.1 Å². The molecule has 0 aliphatic rings. The second-order valence-corrected chi connectivity index (χ2v) is 8.30. The van der Waals surface area contributed by atoms with Gasteiger partial charge in [-0.05, 0) is 78.8 Å². The molecule has 2 aromatic heterocycles. The van der Waals surface area contributed by atoms with Crippen molar-refractivity contribution in [2.75, 3.05) is 39.2 Å². The van der Waals surface area contributed by atoms with Crippen molar-refractivity contribution < 1.29 is 9.47 Å². The topological polar surface area (TPSA) is 111 Å². The van der Waals surface area contributed by atoms with Crippen LogP contribution in [0, 0.1) is 0 Å². The molecule has 4 aromatic rings. The second-order valence-electron chi connectivity index (χ2n) is 7.96. The molecule has 0 atom stereocenters. The number of halogens is 1. The molecule has 0 aliphatic carbocycles. The Balaban J connectivity index is 0.000000554. The minimum absolute atomic E-state index is 0. The molecule has 41 heavy (non-hydrogen) atoms. The summed E-state index contributed by atoms with van der Waals surface area (Å²) in [6, 6.07) is 19.1. The third kappa shape index (κ3) is 17.5. The van der Waals surface area contributed by atoms with Crippen molar-refractivity contribution in [1.82, 2.24) is 24.8 Å². The summed E-state index contributed by atoms with van der Waals surface area (Å²) in [7, 11) is 3.31. The highest BCUT2D eigenvalue weighted by Gasteiger charge is 1.96. The highest BCUT2D eigenvalue weighted by molar-refractivity contribution is 6.28. The van der Waals surface area contributed by atoms with Crippen molar-refractivity contribution in [3.63, 3.8) is 0 Å². The van der Waals surface area contributed by atoms with Crippen LogP contribution < -0.4 is 20.5 Å². The van der Waals surface area contributed by atoms with Crippen molar-refractivity contribution in [3.8, 4) is 11.5 Å². The fourth-order valence-electron chi connectivity index (χ4n) is 3.03. The SMILES string of the molecule is C.CCN(CC)CC.COc1ccc(CN)cc1.COc1ccc(CNc2ncccn2)cc1.Clc1ncccn1. The van der Waals surface area contributed by atoms with E-state index in [-0.39, 0.29) is 7.43 Å². The molecule has 0 saturated heterocycles. The van der Waals surface area contributed by atoms with E-state index in [1.165, 1.54) is 19.6 Å². The Labute approximate surface area is 251 Å². The predicted molar refractivity (Wildman–Crippen MR) is 170 cm³/mol. The van der Waals surface area contributed by atoms with E-state index in [1.54, 1.807) is 51.1 Å². The predicted octanol–water partition coefficient (Wildman–Crippen LogP) is 6.37. The first-order valence-corrected chi connectivity index (χ1v) is 13.5. The van der Waals surface area contributed by atoms with E-state index >= 15 is 0 Å². The van der Waals surface area contributed by atoms with Gasteiger partial charge in [0.15, 0.2) is 0 Å². The second kappa shape index (κ2) is 24.0. The Bertz CT molecular complexity index is 1090. The first kappa shape index (κ1) is 37.2. The third-order valence-electron chi connectivity index (χ3n) is 5.45. The van der Waals surface area contributed by atoms with Crippen LogP contribution in [0.5, 0.6) is 11.5 Å². The Kier molecular flexibility index (Phi) is 21.8. The molecule has 2 aromatic carbocycles. The quantitative estimate of drug-likeness (QED) is 0.217. The van der Waals surface area contributed by atoms with Gasteiger partial charge in [0.1, 0.15) is 11.5 Å². The first-order valence-electron chi connectivity index (χ1n) is 13.1. The van der Waals surface area contributed by atoms with Gasteiger partial charge in [-0.2, -0.15) is 0 Å². The number of nitrogens with one attached hydrogen (secondary N) is 1. The van der Waals surface area contributed by atoms with E-state index in [9.17, 15) is 0 Å². The van der Waals surface area contributed by atoms with E-state index in [0.29, 0.717) is 24.3 Å².